The van der Waals surface area contributed by atoms with Crippen molar-refractivity contribution in [3.63, 3.8) is 0 Å². The highest BCUT2D eigenvalue weighted by molar-refractivity contribution is 6.30. The summed E-state index contributed by atoms with van der Waals surface area (Å²) in [6.45, 7) is 1.21. The normalized spacial score (nSPS) is 10.4. The van der Waals surface area contributed by atoms with Gasteiger partial charge in [0.1, 0.15) is 5.75 Å². The molecule has 3 N–H and O–H groups in total. The fourth-order valence-corrected chi connectivity index (χ4v) is 2.23. The molecule has 0 bridgehead atoms. The van der Waals surface area contributed by atoms with Crippen molar-refractivity contribution in [1.82, 2.24) is 4.90 Å². The monoisotopic (exact) mass is 304 g/mol. The van der Waals surface area contributed by atoms with Crippen LogP contribution in [0, 0.1) is 0 Å². The van der Waals surface area contributed by atoms with E-state index in [1.54, 1.807) is 11.0 Å². The summed E-state index contributed by atoms with van der Waals surface area (Å²) in [6, 6.07) is 14.1. The highest BCUT2D eigenvalue weighted by Gasteiger charge is 2.18. The number of hydrogen-bond donors (Lipinski definition) is 2. The average molecular weight is 305 g/mol. The van der Waals surface area contributed by atoms with Gasteiger partial charge in [0.25, 0.3) is 5.91 Å². The van der Waals surface area contributed by atoms with Crippen LogP contribution in [-0.2, 0) is 6.54 Å². The molecule has 2 aromatic rings. The van der Waals surface area contributed by atoms with E-state index in [4.69, 9.17) is 17.3 Å². The highest BCUT2D eigenvalue weighted by Crippen LogP contribution is 2.23. The van der Waals surface area contributed by atoms with E-state index in [2.05, 4.69) is 0 Å². The SMILES string of the molecule is NCCN(Cc1ccccc1)C(=O)c1ccc(Cl)cc1O. The molecule has 0 aliphatic rings. The van der Waals surface area contributed by atoms with Crippen molar-refractivity contribution in [2.45, 2.75) is 6.54 Å². The summed E-state index contributed by atoms with van der Waals surface area (Å²) >= 11 is 5.79. The van der Waals surface area contributed by atoms with Gasteiger partial charge in [0, 0.05) is 24.7 Å². The number of benzene rings is 2. The molecule has 0 spiro atoms. The third-order valence-electron chi connectivity index (χ3n) is 3.09. The number of aromatic hydroxyl groups is 1. The first-order valence-corrected chi connectivity index (χ1v) is 7.01. The zero-order chi connectivity index (χ0) is 15.2. The standard InChI is InChI=1S/C16H17ClN2O2/c17-13-6-7-14(15(20)10-13)16(21)19(9-8-18)11-12-4-2-1-3-5-12/h1-7,10,20H,8-9,11,18H2. The summed E-state index contributed by atoms with van der Waals surface area (Å²) < 4.78 is 0. The largest absolute Gasteiger partial charge is 0.507 e. The highest BCUT2D eigenvalue weighted by atomic mass is 35.5. The van der Waals surface area contributed by atoms with Crippen LogP contribution in [0.3, 0.4) is 0 Å². The molecule has 21 heavy (non-hydrogen) atoms. The summed E-state index contributed by atoms with van der Waals surface area (Å²) in [5.74, 6) is -0.388. The summed E-state index contributed by atoms with van der Waals surface area (Å²) in [6.07, 6.45) is 0. The van der Waals surface area contributed by atoms with Crippen LogP contribution in [0.2, 0.25) is 5.02 Å². The Morgan fingerprint density at radius 2 is 1.90 bits per heavy atom. The Morgan fingerprint density at radius 3 is 2.52 bits per heavy atom. The lowest BCUT2D eigenvalue weighted by molar-refractivity contribution is 0.0745. The van der Waals surface area contributed by atoms with Crippen molar-refractivity contribution in [3.05, 3.63) is 64.7 Å². The van der Waals surface area contributed by atoms with E-state index in [0.717, 1.165) is 5.56 Å². The van der Waals surface area contributed by atoms with Crippen LogP contribution in [0.25, 0.3) is 0 Å². The number of phenolic OH excluding ortho intramolecular Hbond substituents is 1. The molecule has 0 atom stereocenters. The second-order valence-corrected chi connectivity index (χ2v) is 5.10. The van der Waals surface area contributed by atoms with Gasteiger partial charge in [0.05, 0.1) is 5.56 Å². The van der Waals surface area contributed by atoms with Gasteiger partial charge < -0.3 is 15.7 Å². The quantitative estimate of drug-likeness (QED) is 0.892. The third-order valence-corrected chi connectivity index (χ3v) is 3.33. The molecule has 0 aliphatic carbocycles. The Labute approximate surface area is 128 Å². The fourth-order valence-electron chi connectivity index (χ4n) is 2.07. The molecule has 0 aromatic heterocycles. The minimum absolute atomic E-state index is 0.123. The van der Waals surface area contributed by atoms with Gasteiger partial charge in [-0.1, -0.05) is 41.9 Å². The molecular formula is C16H17ClN2O2. The number of hydrogen-bond acceptors (Lipinski definition) is 3. The van der Waals surface area contributed by atoms with Crippen LogP contribution in [0.15, 0.2) is 48.5 Å². The molecule has 2 aromatic carbocycles. The first-order valence-electron chi connectivity index (χ1n) is 6.63. The molecule has 0 saturated carbocycles. The van der Waals surface area contributed by atoms with Crippen molar-refractivity contribution >= 4 is 17.5 Å². The lowest BCUT2D eigenvalue weighted by atomic mass is 10.1. The van der Waals surface area contributed by atoms with Gasteiger partial charge in [-0.05, 0) is 23.8 Å². The Balaban J connectivity index is 2.23. The number of carbonyl (C=O) groups is 1. The van der Waals surface area contributed by atoms with Crippen LogP contribution in [-0.4, -0.2) is 29.0 Å². The molecule has 110 valence electrons. The van der Waals surface area contributed by atoms with E-state index in [-0.39, 0.29) is 17.2 Å². The first-order chi connectivity index (χ1) is 10.1. The molecule has 0 radical (unpaired) electrons. The summed E-state index contributed by atoms with van der Waals surface area (Å²) in [5.41, 5.74) is 6.82. The molecule has 2 rings (SSSR count). The van der Waals surface area contributed by atoms with Crippen molar-refractivity contribution in [1.29, 1.82) is 0 Å². The van der Waals surface area contributed by atoms with E-state index in [0.29, 0.717) is 24.7 Å². The van der Waals surface area contributed by atoms with Crippen LogP contribution in [0.4, 0.5) is 0 Å². The molecule has 5 heteroatoms. The van der Waals surface area contributed by atoms with Crippen LogP contribution < -0.4 is 5.73 Å². The lowest BCUT2D eigenvalue weighted by Crippen LogP contribution is -2.34. The van der Waals surface area contributed by atoms with Gasteiger partial charge in [0.15, 0.2) is 0 Å². The topological polar surface area (TPSA) is 66.6 Å². The minimum atomic E-state index is -0.265. The molecule has 0 saturated heterocycles. The Bertz CT molecular complexity index is 617. The van der Waals surface area contributed by atoms with Gasteiger partial charge in [-0.25, -0.2) is 0 Å². The molecule has 0 aliphatic heterocycles. The molecule has 4 nitrogen and oxygen atoms in total. The summed E-state index contributed by atoms with van der Waals surface area (Å²) in [7, 11) is 0. The van der Waals surface area contributed by atoms with Crippen LogP contribution in [0.5, 0.6) is 5.75 Å². The van der Waals surface area contributed by atoms with E-state index in [9.17, 15) is 9.90 Å². The maximum atomic E-state index is 12.5. The fraction of sp³-hybridized carbons (Fsp3) is 0.188. The zero-order valence-electron chi connectivity index (χ0n) is 11.5. The van der Waals surface area contributed by atoms with E-state index >= 15 is 0 Å². The average Bonchev–Trinajstić information content (AvgIpc) is 2.47. The second-order valence-electron chi connectivity index (χ2n) is 4.66. The number of phenols is 1. The van der Waals surface area contributed by atoms with Crippen LogP contribution in [0.1, 0.15) is 15.9 Å². The number of halogens is 1. The first kappa shape index (κ1) is 15.4. The van der Waals surface area contributed by atoms with Gasteiger partial charge in [-0.15, -0.1) is 0 Å². The minimum Gasteiger partial charge on any atom is -0.507 e. The molecule has 1 amide bonds. The van der Waals surface area contributed by atoms with Crippen molar-refractivity contribution in [3.8, 4) is 5.75 Å². The summed E-state index contributed by atoms with van der Waals surface area (Å²) in [4.78, 5) is 14.1. The van der Waals surface area contributed by atoms with E-state index in [1.807, 2.05) is 30.3 Å². The van der Waals surface area contributed by atoms with Gasteiger partial charge in [-0.2, -0.15) is 0 Å². The van der Waals surface area contributed by atoms with Gasteiger partial charge in [0.2, 0.25) is 0 Å². The van der Waals surface area contributed by atoms with E-state index in [1.165, 1.54) is 12.1 Å². The number of amides is 1. The third kappa shape index (κ3) is 3.97. The van der Waals surface area contributed by atoms with Gasteiger partial charge in [-0.3, -0.25) is 4.79 Å². The smallest absolute Gasteiger partial charge is 0.257 e. The second kappa shape index (κ2) is 7.11. The molecule has 0 heterocycles. The van der Waals surface area contributed by atoms with Crippen molar-refractivity contribution in [2.75, 3.05) is 13.1 Å². The molecule has 0 unspecified atom stereocenters. The number of carbonyl (C=O) groups excluding carboxylic acids is 1. The Hall–Kier alpha value is -2.04. The summed E-state index contributed by atoms with van der Waals surface area (Å²) in [5, 5.41) is 10.3. The van der Waals surface area contributed by atoms with Gasteiger partial charge >= 0.3 is 0 Å². The maximum absolute atomic E-state index is 12.5. The van der Waals surface area contributed by atoms with Crippen LogP contribution >= 0.6 is 11.6 Å². The predicted molar refractivity (Wildman–Crippen MR) is 83.4 cm³/mol. The number of rotatable bonds is 5. The molecular weight excluding hydrogens is 288 g/mol. The zero-order valence-corrected chi connectivity index (χ0v) is 12.3. The maximum Gasteiger partial charge on any atom is 0.257 e. The molecule has 0 fully saturated rings. The number of nitrogens with zero attached hydrogens (tertiary/aromatic N) is 1. The van der Waals surface area contributed by atoms with E-state index < -0.39 is 0 Å². The lowest BCUT2D eigenvalue weighted by Gasteiger charge is -2.22. The van der Waals surface area contributed by atoms with Crippen molar-refractivity contribution in [2.24, 2.45) is 5.73 Å². The Morgan fingerprint density at radius 1 is 1.19 bits per heavy atom. The Kier molecular flexibility index (Phi) is 5.20. The number of nitrogens with two attached hydrogens (primary N) is 1. The van der Waals surface area contributed by atoms with Crippen molar-refractivity contribution < 1.29 is 9.90 Å². The predicted octanol–water partition coefficient (Wildman–Crippen LogP) is 2.65.